The molecular weight excluding hydrogens is 326 g/mol. The predicted molar refractivity (Wildman–Crippen MR) is 92.9 cm³/mol. The van der Waals surface area contributed by atoms with Crippen LogP contribution in [0.1, 0.15) is 42.1 Å². The monoisotopic (exact) mass is 347 g/mol. The van der Waals surface area contributed by atoms with Crippen molar-refractivity contribution < 1.29 is 4.79 Å². The number of likely N-dealkylation sites (N-methyl/N-ethyl adjacent to an activating group) is 1. The summed E-state index contributed by atoms with van der Waals surface area (Å²) in [6.07, 6.45) is 2.87. The summed E-state index contributed by atoms with van der Waals surface area (Å²) >= 11 is 0. The number of hydrogen-bond donors (Lipinski definition) is 1. The van der Waals surface area contributed by atoms with Gasteiger partial charge >= 0.3 is 0 Å². The number of rotatable bonds is 3. The van der Waals surface area contributed by atoms with Gasteiger partial charge in [0, 0.05) is 13.5 Å². The topological polar surface area (TPSA) is 63.1 Å². The maximum atomic E-state index is 12.8. The van der Waals surface area contributed by atoms with E-state index in [1.54, 1.807) is 4.90 Å². The Morgan fingerprint density at radius 2 is 2.04 bits per heavy atom. The van der Waals surface area contributed by atoms with Gasteiger partial charge < -0.3 is 10.2 Å². The molecule has 0 unspecified atom stereocenters. The van der Waals surface area contributed by atoms with Crippen LogP contribution in [0.2, 0.25) is 0 Å². The molecule has 6 nitrogen and oxygen atoms in total. The Balaban J connectivity index is 0.00000169. The number of nitrogens with one attached hydrogen (secondary N) is 1. The molecule has 128 valence electrons. The van der Waals surface area contributed by atoms with Crippen LogP contribution in [-0.4, -0.2) is 39.2 Å². The Hall–Kier alpha value is -1.92. The van der Waals surface area contributed by atoms with Crippen LogP contribution in [-0.2, 0) is 17.8 Å². The molecule has 0 bridgehead atoms. The van der Waals surface area contributed by atoms with Crippen LogP contribution in [0.3, 0.4) is 0 Å². The van der Waals surface area contributed by atoms with Crippen LogP contribution in [0.5, 0.6) is 0 Å². The molecule has 2 atom stereocenters. The second-order valence-corrected chi connectivity index (χ2v) is 6.39. The van der Waals surface area contributed by atoms with Gasteiger partial charge in [-0.05, 0) is 24.9 Å². The summed E-state index contributed by atoms with van der Waals surface area (Å²) in [5.41, 5.74) is 1.16. The number of nitrogens with zero attached hydrogens (tertiary/aromatic N) is 4. The van der Waals surface area contributed by atoms with Crippen LogP contribution >= 0.6 is 12.4 Å². The molecule has 1 aromatic carbocycles. The standard InChI is InChI=1S/C17H21N5O.ClH/c1-21-11-15-19-20-16(13-8-5-9-18-13)22(15)14(17(21)23)10-12-6-3-2-4-7-12;/h2-4,6-7,13-14,18H,5,8-11H2,1H3;1H/t13-,14-;/m0./s1. The molecule has 0 radical (unpaired) electrons. The van der Waals surface area contributed by atoms with Crippen LogP contribution in [0, 0.1) is 0 Å². The first-order valence-electron chi connectivity index (χ1n) is 8.20. The maximum Gasteiger partial charge on any atom is 0.246 e. The minimum Gasteiger partial charge on any atom is -0.336 e. The number of fused-ring (bicyclic) bond motifs is 1. The van der Waals surface area contributed by atoms with Crippen LogP contribution < -0.4 is 5.32 Å². The molecule has 3 heterocycles. The number of amides is 1. The number of hydrogen-bond acceptors (Lipinski definition) is 4. The van der Waals surface area contributed by atoms with E-state index in [4.69, 9.17) is 0 Å². The van der Waals surface area contributed by atoms with Crippen molar-refractivity contribution >= 4 is 18.3 Å². The van der Waals surface area contributed by atoms with Crippen molar-refractivity contribution in [3.63, 3.8) is 0 Å². The zero-order valence-corrected chi connectivity index (χ0v) is 14.5. The first-order chi connectivity index (χ1) is 11.2. The summed E-state index contributed by atoms with van der Waals surface area (Å²) in [6.45, 7) is 1.54. The largest absolute Gasteiger partial charge is 0.336 e. The predicted octanol–water partition coefficient (Wildman–Crippen LogP) is 1.88. The molecule has 0 aliphatic carbocycles. The van der Waals surface area contributed by atoms with Gasteiger partial charge in [-0.1, -0.05) is 30.3 Å². The molecular formula is C17H22ClN5O. The molecule has 1 N–H and O–H groups in total. The second-order valence-electron chi connectivity index (χ2n) is 6.39. The summed E-state index contributed by atoms with van der Waals surface area (Å²) < 4.78 is 2.08. The molecule has 4 rings (SSSR count). The third-order valence-electron chi connectivity index (χ3n) is 4.79. The smallest absolute Gasteiger partial charge is 0.246 e. The van der Waals surface area contributed by atoms with Gasteiger partial charge in [-0.3, -0.25) is 9.36 Å². The van der Waals surface area contributed by atoms with Gasteiger partial charge in [-0.2, -0.15) is 0 Å². The summed E-state index contributed by atoms with van der Waals surface area (Å²) in [5.74, 6) is 1.94. The van der Waals surface area contributed by atoms with Gasteiger partial charge in [-0.15, -0.1) is 22.6 Å². The molecule has 0 spiro atoms. The molecule has 1 saturated heterocycles. The lowest BCUT2D eigenvalue weighted by Crippen LogP contribution is -2.42. The van der Waals surface area contributed by atoms with Crippen molar-refractivity contribution in [3.8, 4) is 0 Å². The average Bonchev–Trinajstić information content (AvgIpc) is 3.21. The van der Waals surface area contributed by atoms with E-state index >= 15 is 0 Å². The number of benzene rings is 1. The van der Waals surface area contributed by atoms with Crippen LogP contribution in [0.25, 0.3) is 0 Å². The zero-order valence-electron chi connectivity index (χ0n) is 13.7. The van der Waals surface area contributed by atoms with E-state index in [1.807, 2.05) is 25.2 Å². The van der Waals surface area contributed by atoms with Crippen molar-refractivity contribution in [1.82, 2.24) is 25.0 Å². The Morgan fingerprint density at radius 3 is 2.75 bits per heavy atom. The lowest BCUT2D eigenvalue weighted by atomic mass is 10.0. The fourth-order valence-electron chi connectivity index (χ4n) is 3.60. The molecule has 1 fully saturated rings. The normalized spacial score (nSPS) is 23.0. The van der Waals surface area contributed by atoms with E-state index in [0.29, 0.717) is 13.0 Å². The maximum absolute atomic E-state index is 12.8. The third-order valence-corrected chi connectivity index (χ3v) is 4.79. The molecule has 0 saturated carbocycles. The van der Waals surface area contributed by atoms with Gasteiger partial charge in [-0.25, -0.2) is 0 Å². The van der Waals surface area contributed by atoms with Crippen molar-refractivity contribution in [3.05, 3.63) is 47.5 Å². The fraction of sp³-hybridized carbons (Fsp3) is 0.471. The fourth-order valence-corrected chi connectivity index (χ4v) is 3.60. The Kier molecular flexibility index (Phi) is 4.87. The molecule has 2 aliphatic heterocycles. The minimum absolute atomic E-state index is 0. The Bertz CT molecular complexity index is 711. The van der Waals surface area contributed by atoms with E-state index in [1.165, 1.54) is 0 Å². The van der Waals surface area contributed by atoms with Crippen LogP contribution in [0.15, 0.2) is 30.3 Å². The van der Waals surface area contributed by atoms with Crippen LogP contribution in [0.4, 0.5) is 0 Å². The lowest BCUT2D eigenvalue weighted by Gasteiger charge is -2.32. The third kappa shape index (κ3) is 2.91. The van der Waals surface area contributed by atoms with Crippen molar-refractivity contribution in [2.45, 2.75) is 37.9 Å². The van der Waals surface area contributed by atoms with E-state index in [9.17, 15) is 4.79 Å². The quantitative estimate of drug-likeness (QED) is 0.920. The number of halogens is 1. The molecule has 2 aromatic rings. The first kappa shape index (κ1) is 16.9. The van der Waals surface area contributed by atoms with E-state index in [0.717, 1.165) is 36.6 Å². The van der Waals surface area contributed by atoms with Crippen molar-refractivity contribution in [2.24, 2.45) is 0 Å². The van der Waals surface area contributed by atoms with Gasteiger partial charge in [0.2, 0.25) is 5.91 Å². The summed E-state index contributed by atoms with van der Waals surface area (Å²) in [4.78, 5) is 14.5. The molecule has 1 aromatic heterocycles. The highest BCUT2D eigenvalue weighted by molar-refractivity contribution is 5.85. The Morgan fingerprint density at radius 1 is 1.25 bits per heavy atom. The van der Waals surface area contributed by atoms with E-state index in [-0.39, 0.29) is 30.4 Å². The van der Waals surface area contributed by atoms with E-state index < -0.39 is 0 Å². The highest BCUT2D eigenvalue weighted by atomic mass is 35.5. The molecule has 1 amide bonds. The highest BCUT2D eigenvalue weighted by Crippen LogP contribution is 2.30. The first-order valence-corrected chi connectivity index (χ1v) is 8.20. The van der Waals surface area contributed by atoms with Gasteiger partial charge in [0.1, 0.15) is 6.04 Å². The SMILES string of the molecule is CN1Cc2nnc([C@@H]3CCCN3)n2[C@@H](Cc2ccccc2)C1=O.Cl. The zero-order chi connectivity index (χ0) is 15.8. The van der Waals surface area contributed by atoms with Crippen molar-refractivity contribution in [1.29, 1.82) is 0 Å². The van der Waals surface area contributed by atoms with Gasteiger partial charge in [0.15, 0.2) is 11.6 Å². The summed E-state index contributed by atoms with van der Waals surface area (Å²) in [5, 5.41) is 12.2. The highest BCUT2D eigenvalue weighted by Gasteiger charge is 2.36. The Labute approximate surface area is 147 Å². The number of carbonyl (C=O) groups excluding carboxylic acids is 1. The average molecular weight is 348 g/mol. The lowest BCUT2D eigenvalue weighted by molar-refractivity contribution is -0.136. The van der Waals surface area contributed by atoms with Gasteiger partial charge in [0.25, 0.3) is 0 Å². The van der Waals surface area contributed by atoms with Gasteiger partial charge in [0.05, 0.1) is 12.6 Å². The minimum atomic E-state index is -0.251. The second kappa shape index (κ2) is 6.91. The summed E-state index contributed by atoms with van der Waals surface area (Å²) in [7, 11) is 1.84. The number of carbonyl (C=O) groups is 1. The van der Waals surface area contributed by atoms with Crippen molar-refractivity contribution in [2.75, 3.05) is 13.6 Å². The molecule has 2 aliphatic rings. The molecule has 24 heavy (non-hydrogen) atoms. The number of aromatic nitrogens is 3. The molecule has 7 heteroatoms. The van der Waals surface area contributed by atoms with E-state index in [2.05, 4.69) is 32.2 Å². The summed E-state index contributed by atoms with van der Waals surface area (Å²) in [6, 6.07) is 10.1.